The molecule has 1 unspecified atom stereocenters. The molecular weight excluding hydrogens is 328 g/mol. The fourth-order valence-electron chi connectivity index (χ4n) is 2.66. The van der Waals surface area contributed by atoms with E-state index < -0.39 is 29.6 Å². The van der Waals surface area contributed by atoms with E-state index in [0.29, 0.717) is 5.70 Å². The molecule has 3 amide bonds. The van der Waals surface area contributed by atoms with Gasteiger partial charge >= 0.3 is 6.03 Å². The summed E-state index contributed by atoms with van der Waals surface area (Å²) in [5.41, 5.74) is 1.52. The lowest BCUT2D eigenvalue weighted by Gasteiger charge is -2.28. The molecule has 0 fully saturated rings. The predicted molar refractivity (Wildman–Crippen MR) is 88.5 cm³/mol. The molecule has 2 aromatic carbocycles. The Bertz CT molecular complexity index is 866. The Hall–Kier alpha value is -3.22. The SMILES string of the molecule is CC1=C(C(=O)Nc2ccc(F)c(F)c2)C(c2ccccc2)NC(=O)N1. The topological polar surface area (TPSA) is 70.2 Å². The Kier molecular flexibility index (Phi) is 4.47. The largest absolute Gasteiger partial charge is 0.327 e. The van der Waals surface area contributed by atoms with E-state index in [2.05, 4.69) is 16.0 Å². The summed E-state index contributed by atoms with van der Waals surface area (Å²) in [7, 11) is 0. The summed E-state index contributed by atoms with van der Waals surface area (Å²) in [4.78, 5) is 24.5. The van der Waals surface area contributed by atoms with Crippen molar-refractivity contribution in [3.05, 3.63) is 77.0 Å². The smallest absolute Gasteiger partial charge is 0.319 e. The molecule has 1 aliphatic rings. The maximum atomic E-state index is 13.3. The molecule has 0 bridgehead atoms. The van der Waals surface area contributed by atoms with E-state index in [-0.39, 0.29) is 11.3 Å². The molecule has 0 saturated heterocycles. The molecule has 0 saturated carbocycles. The van der Waals surface area contributed by atoms with Crippen molar-refractivity contribution >= 4 is 17.6 Å². The number of anilines is 1. The van der Waals surface area contributed by atoms with Crippen molar-refractivity contribution in [1.29, 1.82) is 0 Å². The highest BCUT2D eigenvalue weighted by Gasteiger charge is 2.31. The first-order chi connectivity index (χ1) is 12.0. The Morgan fingerprint density at radius 1 is 1.08 bits per heavy atom. The van der Waals surface area contributed by atoms with E-state index in [0.717, 1.165) is 17.7 Å². The zero-order chi connectivity index (χ0) is 18.0. The lowest BCUT2D eigenvalue weighted by Crippen LogP contribution is -2.45. The number of benzene rings is 2. The number of amides is 3. The Morgan fingerprint density at radius 3 is 2.48 bits per heavy atom. The van der Waals surface area contributed by atoms with Crippen molar-refractivity contribution in [1.82, 2.24) is 10.6 Å². The number of halogens is 2. The summed E-state index contributed by atoms with van der Waals surface area (Å²) < 4.78 is 26.4. The molecule has 128 valence electrons. The minimum atomic E-state index is -1.06. The lowest BCUT2D eigenvalue weighted by molar-refractivity contribution is -0.113. The van der Waals surface area contributed by atoms with Crippen LogP contribution in [0.4, 0.5) is 19.3 Å². The van der Waals surface area contributed by atoms with Crippen molar-refractivity contribution in [2.45, 2.75) is 13.0 Å². The fourth-order valence-corrected chi connectivity index (χ4v) is 2.66. The van der Waals surface area contributed by atoms with Crippen molar-refractivity contribution in [2.75, 3.05) is 5.32 Å². The zero-order valence-electron chi connectivity index (χ0n) is 13.3. The molecule has 0 aliphatic carbocycles. The van der Waals surface area contributed by atoms with E-state index in [1.165, 1.54) is 6.07 Å². The molecule has 0 aromatic heterocycles. The van der Waals surface area contributed by atoms with Gasteiger partial charge in [0.2, 0.25) is 0 Å². The van der Waals surface area contributed by atoms with Gasteiger partial charge in [0.05, 0.1) is 11.6 Å². The first kappa shape index (κ1) is 16.6. The first-order valence-corrected chi connectivity index (χ1v) is 7.55. The lowest BCUT2D eigenvalue weighted by atomic mass is 9.95. The average molecular weight is 343 g/mol. The van der Waals surface area contributed by atoms with E-state index in [1.54, 1.807) is 31.2 Å². The Labute approximate surface area is 142 Å². The number of hydrogen-bond donors (Lipinski definition) is 3. The van der Waals surface area contributed by atoms with Crippen molar-refractivity contribution in [3.8, 4) is 0 Å². The van der Waals surface area contributed by atoms with E-state index in [1.807, 2.05) is 6.07 Å². The average Bonchev–Trinajstić information content (AvgIpc) is 2.58. The highest BCUT2D eigenvalue weighted by atomic mass is 19.2. The van der Waals surface area contributed by atoms with Gasteiger partial charge in [-0.1, -0.05) is 30.3 Å². The van der Waals surface area contributed by atoms with Gasteiger partial charge in [-0.15, -0.1) is 0 Å². The van der Waals surface area contributed by atoms with Gasteiger partial charge in [-0.2, -0.15) is 0 Å². The van der Waals surface area contributed by atoms with Crippen molar-refractivity contribution in [2.24, 2.45) is 0 Å². The van der Waals surface area contributed by atoms with Crippen LogP contribution in [0.15, 0.2) is 59.8 Å². The third kappa shape index (κ3) is 3.50. The summed E-state index contributed by atoms with van der Waals surface area (Å²) in [5.74, 6) is -2.58. The number of carbonyl (C=O) groups is 2. The van der Waals surface area contributed by atoms with Crippen LogP contribution in [-0.2, 0) is 4.79 Å². The second-order valence-corrected chi connectivity index (χ2v) is 5.56. The van der Waals surface area contributed by atoms with Gasteiger partial charge in [0.25, 0.3) is 5.91 Å². The van der Waals surface area contributed by atoms with Crippen molar-refractivity contribution < 1.29 is 18.4 Å². The fraction of sp³-hybridized carbons (Fsp3) is 0.111. The van der Waals surface area contributed by atoms with Gasteiger partial charge in [-0.05, 0) is 24.6 Å². The van der Waals surface area contributed by atoms with Crippen LogP contribution in [0.2, 0.25) is 0 Å². The summed E-state index contributed by atoms with van der Waals surface area (Å²) in [5, 5.41) is 7.78. The summed E-state index contributed by atoms with van der Waals surface area (Å²) >= 11 is 0. The molecular formula is C18H15F2N3O2. The van der Waals surface area contributed by atoms with Crippen LogP contribution in [0, 0.1) is 11.6 Å². The number of carbonyl (C=O) groups excluding carboxylic acids is 2. The van der Waals surface area contributed by atoms with Crippen LogP contribution in [0.1, 0.15) is 18.5 Å². The Morgan fingerprint density at radius 2 is 1.80 bits per heavy atom. The van der Waals surface area contributed by atoms with Crippen LogP contribution >= 0.6 is 0 Å². The number of rotatable bonds is 3. The summed E-state index contributed by atoms with van der Waals surface area (Å²) in [6, 6.07) is 11.0. The molecule has 1 atom stereocenters. The summed E-state index contributed by atoms with van der Waals surface area (Å²) in [6.45, 7) is 1.61. The number of hydrogen-bond acceptors (Lipinski definition) is 2. The highest BCUT2D eigenvalue weighted by molar-refractivity contribution is 6.06. The van der Waals surface area contributed by atoms with Crippen LogP contribution in [0.5, 0.6) is 0 Å². The standard InChI is InChI=1S/C18H15F2N3O2/c1-10-15(17(24)22-12-7-8-13(19)14(20)9-12)16(23-18(25)21-10)11-5-3-2-4-6-11/h2-9,16H,1H3,(H,22,24)(H2,21,23,25). The van der Waals surface area contributed by atoms with Crippen LogP contribution in [0.3, 0.4) is 0 Å². The van der Waals surface area contributed by atoms with Gasteiger partial charge in [0.1, 0.15) is 0 Å². The van der Waals surface area contributed by atoms with Gasteiger partial charge in [0.15, 0.2) is 11.6 Å². The van der Waals surface area contributed by atoms with Crippen LogP contribution in [0.25, 0.3) is 0 Å². The van der Waals surface area contributed by atoms with E-state index in [9.17, 15) is 18.4 Å². The highest BCUT2D eigenvalue weighted by Crippen LogP contribution is 2.27. The molecule has 0 spiro atoms. The first-order valence-electron chi connectivity index (χ1n) is 7.55. The van der Waals surface area contributed by atoms with Gasteiger partial charge in [0, 0.05) is 17.5 Å². The molecule has 25 heavy (non-hydrogen) atoms. The summed E-state index contributed by atoms with van der Waals surface area (Å²) in [6.07, 6.45) is 0. The molecule has 1 heterocycles. The van der Waals surface area contributed by atoms with Gasteiger partial charge in [-0.25, -0.2) is 13.6 Å². The Balaban J connectivity index is 1.93. The van der Waals surface area contributed by atoms with E-state index in [4.69, 9.17) is 0 Å². The van der Waals surface area contributed by atoms with Crippen molar-refractivity contribution in [3.63, 3.8) is 0 Å². The molecule has 3 N–H and O–H groups in total. The zero-order valence-corrected chi connectivity index (χ0v) is 13.3. The molecule has 1 aliphatic heterocycles. The third-order valence-electron chi connectivity index (χ3n) is 3.82. The minimum Gasteiger partial charge on any atom is -0.327 e. The quantitative estimate of drug-likeness (QED) is 0.801. The molecule has 0 radical (unpaired) electrons. The van der Waals surface area contributed by atoms with Gasteiger partial charge in [-0.3, -0.25) is 4.79 Å². The van der Waals surface area contributed by atoms with E-state index >= 15 is 0 Å². The molecule has 2 aromatic rings. The molecule has 7 heteroatoms. The molecule has 5 nitrogen and oxygen atoms in total. The normalized spacial score (nSPS) is 16.9. The number of nitrogens with one attached hydrogen (secondary N) is 3. The predicted octanol–water partition coefficient (Wildman–Crippen LogP) is 3.23. The third-order valence-corrected chi connectivity index (χ3v) is 3.82. The molecule has 3 rings (SSSR count). The monoisotopic (exact) mass is 343 g/mol. The number of urea groups is 1. The van der Waals surface area contributed by atoms with Gasteiger partial charge < -0.3 is 16.0 Å². The second-order valence-electron chi connectivity index (χ2n) is 5.56. The maximum Gasteiger partial charge on any atom is 0.319 e. The minimum absolute atomic E-state index is 0.118. The second kappa shape index (κ2) is 6.72. The van der Waals surface area contributed by atoms with Crippen LogP contribution < -0.4 is 16.0 Å². The maximum absolute atomic E-state index is 13.3. The van der Waals surface area contributed by atoms with Crippen LogP contribution in [-0.4, -0.2) is 11.9 Å². The number of allylic oxidation sites excluding steroid dienone is 1.